The van der Waals surface area contributed by atoms with E-state index in [1.54, 1.807) is 0 Å². The fourth-order valence-electron chi connectivity index (χ4n) is 3.89. The lowest BCUT2D eigenvalue weighted by atomic mass is 9.97. The third kappa shape index (κ3) is 25.2. The zero-order chi connectivity index (χ0) is 28.3. The second-order valence-corrected chi connectivity index (χ2v) is 12.1. The lowest BCUT2D eigenvalue weighted by Gasteiger charge is -2.22. The van der Waals surface area contributed by atoms with Crippen LogP contribution in [0.4, 0.5) is 0 Å². The van der Waals surface area contributed by atoms with Crippen molar-refractivity contribution in [1.82, 2.24) is 0 Å². The summed E-state index contributed by atoms with van der Waals surface area (Å²) in [4.78, 5) is 34.0. The maximum Gasteiger partial charge on any atom is 0.315 e. The molecule has 0 atom stereocenters. The van der Waals surface area contributed by atoms with Gasteiger partial charge < -0.3 is 9.47 Å². The molecule has 0 N–H and O–H groups in total. The Morgan fingerprint density at radius 2 is 1.18 bits per heavy atom. The van der Waals surface area contributed by atoms with Crippen molar-refractivity contribution in [2.75, 3.05) is 37.9 Å². The van der Waals surface area contributed by atoms with Crippen molar-refractivity contribution >= 4 is 23.7 Å². The number of unbranched alkanes of at least 4 members (excludes halogenated alkanes) is 15. The molecule has 0 aromatic carbocycles. The Labute approximate surface area is 238 Å². The van der Waals surface area contributed by atoms with Crippen LogP contribution in [-0.2, 0) is 28.8 Å². The average molecular weight is 559 g/mol. The average Bonchev–Trinajstić information content (AvgIpc) is 2.87. The van der Waals surface area contributed by atoms with Crippen LogP contribution in [0.5, 0.6) is 0 Å². The van der Waals surface area contributed by atoms with Gasteiger partial charge in [0.25, 0.3) is 0 Å². The molecule has 0 amide bonds. The maximum atomic E-state index is 12.4. The molecule has 0 radical (unpaired) electrons. The number of esters is 2. The molecule has 0 aliphatic carbocycles. The van der Waals surface area contributed by atoms with Gasteiger partial charge in [-0.25, -0.2) is 9.78 Å². The van der Waals surface area contributed by atoms with E-state index in [1.807, 2.05) is 20.8 Å². The van der Waals surface area contributed by atoms with Gasteiger partial charge in [-0.15, -0.1) is 11.8 Å². The maximum absolute atomic E-state index is 12.4. The van der Waals surface area contributed by atoms with Crippen molar-refractivity contribution in [2.24, 2.45) is 5.41 Å². The smallest absolute Gasteiger partial charge is 0.315 e. The van der Waals surface area contributed by atoms with Crippen molar-refractivity contribution in [3.05, 3.63) is 12.2 Å². The molecule has 0 aromatic heterocycles. The molecule has 0 bridgehead atoms. The minimum absolute atomic E-state index is 0.125. The molecule has 7 heteroatoms. The van der Waals surface area contributed by atoms with Gasteiger partial charge in [0.15, 0.2) is 0 Å². The van der Waals surface area contributed by atoms with Gasteiger partial charge in [-0.2, -0.15) is 0 Å². The summed E-state index contributed by atoms with van der Waals surface area (Å²) in [5, 5.41) is 0. The van der Waals surface area contributed by atoms with Crippen molar-refractivity contribution < 1.29 is 28.8 Å². The minimum atomic E-state index is -0.639. The standard InChI is InChI=1S/C31H58O6S/c1-6-7-8-9-10-11-12-13-14-15-16-17-18-19-20-21-22-35-30(33)31(4,5)27-38-26-29(32)34-23-24-36-37-25-28(2)3/h2,6-27H2,1,3-5H3. The SMILES string of the molecule is C=C(C)COOCCOC(=O)CSCC(C)(C)C(=O)OCCCCCCCCCCCCCCCCCC. The van der Waals surface area contributed by atoms with E-state index in [1.165, 1.54) is 102 Å². The van der Waals surface area contributed by atoms with Gasteiger partial charge in [-0.1, -0.05) is 115 Å². The molecule has 0 saturated carbocycles. The van der Waals surface area contributed by atoms with Gasteiger partial charge in [0, 0.05) is 5.75 Å². The summed E-state index contributed by atoms with van der Waals surface area (Å²) in [5.74, 6) is 0.138. The predicted octanol–water partition coefficient (Wildman–Crippen LogP) is 8.62. The number of rotatable bonds is 28. The van der Waals surface area contributed by atoms with Crippen molar-refractivity contribution in [3.63, 3.8) is 0 Å². The van der Waals surface area contributed by atoms with E-state index in [9.17, 15) is 9.59 Å². The molecule has 6 nitrogen and oxygen atoms in total. The molecule has 0 rings (SSSR count). The second-order valence-electron chi connectivity index (χ2n) is 11.1. The van der Waals surface area contributed by atoms with Gasteiger partial charge in [0.1, 0.15) is 19.8 Å². The van der Waals surface area contributed by atoms with E-state index in [0.717, 1.165) is 18.4 Å². The normalized spacial score (nSPS) is 11.5. The molecular formula is C31H58O6S. The van der Waals surface area contributed by atoms with E-state index in [0.29, 0.717) is 19.0 Å². The van der Waals surface area contributed by atoms with E-state index in [2.05, 4.69) is 13.5 Å². The number of hydrogen-bond donors (Lipinski definition) is 0. The molecule has 38 heavy (non-hydrogen) atoms. The number of carbonyl (C=O) groups excluding carboxylic acids is 2. The fraction of sp³-hybridized carbons (Fsp3) is 0.871. The van der Waals surface area contributed by atoms with Crippen LogP contribution in [0.3, 0.4) is 0 Å². The second kappa shape index (κ2) is 26.2. The number of ether oxygens (including phenoxy) is 2. The summed E-state index contributed by atoms with van der Waals surface area (Å²) in [6.07, 6.45) is 21.2. The quantitative estimate of drug-likeness (QED) is 0.0313. The van der Waals surface area contributed by atoms with Crippen LogP contribution in [0.25, 0.3) is 0 Å². The van der Waals surface area contributed by atoms with Gasteiger partial charge in [-0.3, -0.25) is 9.59 Å². The lowest BCUT2D eigenvalue weighted by molar-refractivity contribution is -0.291. The van der Waals surface area contributed by atoms with Crippen LogP contribution in [0.15, 0.2) is 12.2 Å². The first-order valence-corrected chi connectivity index (χ1v) is 16.2. The van der Waals surface area contributed by atoms with Crippen LogP contribution in [0, 0.1) is 5.41 Å². The van der Waals surface area contributed by atoms with Crippen molar-refractivity contribution in [3.8, 4) is 0 Å². The van der Waals surface area contributed by atoms with Crippen LogP contribution in [0.2, 0.25) is 0 Å². The van der Waals surface area contributed by atoms with Crippen LogP contribution < -0.4 is 0 Å². The molecule has 0 aliphatic rings. The Morgan fingerprint density at radius 1 is 0.684 bits per heavy atom. The minimum Gasteiger partial charge on any atom is -0.465 e. The zero-order valence-corrected chi connectivity index (χ0v) is 25.9. The zero-order valence-electron chi connectivity index (χ0n) is 25.1. The molecule has 0 heterocycles. The topological polar surface area (TPSA) is 71.1 Å². The van der Waals surface area contributed by atoms with E-state index in [-0.39, 0.29) is 30.9 Å². The molecule has 0 aliphatic heterocycles. The Bertz CT molecular complexity index is 593. The highest BCUT2D eigenvalue weighted by Crippen LogP contribution is 2.24. The third-order valence-electron chi connectivity index (χ3n) is 6.28. The first-order valence-electron chi connectivity index (χ1n) is 15.1. The summed E-state index contributed by atoms with van der Waals surface area (Å²) < 4.78 is 10.6. The van der Waals surface area contributed by atoms with E-state index in [4.69, 9.17) is 19.2 Å². The number of thioether (sulfide) groups is 1. The van der Waals surface area contributed by atoms with Gasteiger partial charge in [0.05, 0.1) is 17.8 Å². The largest absolute Gasteiger partial charge is 0.465 e. The molecule has 0 spiro atoms. The Morgan fingerprint density at radius 3 is 1.68 bits per heavy atom. The lowest BCUT2D eigenvalue weighted by Crippen LogP contribution is -2.30. The highest BCUT2D eigenvalue weighted by atomic mass is 32.2. The molecule has 224 valence electrons. The molecule has 0 aromatic rings. The summed E-state index contributed by atoms with van der Waals surface area (Å²) in [5.41, 5.74) is 0.212. The number of carbonyl (C=O) groups is 2. The first-order chi connectivity index (χ1) is 18.3. The van der Waals surface area contributed by atoms with Gasteiger partial charge in [-0.05, 0) is 27.2 Å². The molecule has 0 fully saturated rings. The molecule has 0 saturated heterocycles. The van der Waals surface area contributed by atoms with Crippen LogP contribution >= 0.6 is 11.8 Å². The summed E-state index contributed by atoms with van der Waals surface area (Å²) in [7, 11) is 0. The highest BCUT2D eigenvalue weighted by molar-refractivity contribution is 7.99. The first kappa shape index (κ1) is 37.0. The Balaban J connectivity index is 3.54. The highest BCUT2D eigenvalue weighted by Gasteiger charge is 2.29. The summed E-state index contributed by atoms with van der Waals surface area (Å²) in [6.45, 7) is 12.6. The van der Waals surface area contributed by atoms with Crippen LogP contribution in [-0.4, -0.2) is 49.9 Å². The van der Waals surface area contributed by atoms with Crippen LogP contribution in [0.1, 0.15) is 130 Å². The van der Waals surface area contributed by atoms with Gasteiger partial charge in [0.2, 0.25) is 0 Å². The van der Waals surface area contributed by atoms with Crippen molar-refractivity contribution in [1.29, 1.82) is 0 Å². The van der Waals surface area contributed by atoms with E-state index >= 15 is 0 Å². The summed E-state index contributed by atoms with van der Waals surface area (Å²) >= 11 is 1.38. The summed E-state index contributed by atoms with van der Waals surface area (Å²) in [6, 6.07) is 0. The van der Waals surface area contributed by atoms with E-state index < -0.39 is 5.41 Å². The molecular weight excluding hydrogens is 500 g/mol. The fourth-order valence-corrected chi connectivity index (χ4v) is 4.87. The third-order valence-corrected chi connectivity index (χ3v) is 7.65. The Kier molecular flexibility index (Phi) is 25.5. The predicted molar refractivity (Wildman–Crippen MR) is 159 cm³/mol. The van der Waals surface area contributed by atoms with Gasteiger partial charge >= 0.3 is 11.9 Å². The Hall–Kier alpha value is -1.05. The van der Waals surface area contributed by atoms with Crippen molar-refractivity contribution in [2.45, 2.75) is 130 Å². The molecule has 0 unspecified atom stereocenters. The monoisotopic (exact) mass is 558 g/mol. The number of hydrogen-bond acceptors (Lipinski definition) is 7.